The van der Waals surface area contributed by atoms with Crippen molar-refractivity contribution in [2.24, 2.45) is 11.8 Å². The standard InChI is InChI=1S/C17H25NO2/c1-20-15-9-7-13(8-10-15)17(12-5-6-12)18-16-4-2-3-14(16)11-19/h7-10,12,14,16-19H,2-6,11H2,1H3. The summed E-state index contributed by atoms with van der Waals surface area (Å²) in [7, 11) is 1.70. The van der Waals surface area contributed by atoms with Crippen LogP contribution in [0.25, 0.3) is 0 Å². The molecule has 2 fully saturated rings. The third-order valence-corrected chi connectivity index (χ3v) is 4.86. The molecule has 0 spiro atoms. The number of hydrogen-bond acceptors (Lipinski definition) is 3. The highest BCUT2D eigenvalue weighted by molar-refractivity contribution is 5.30. The number of methoxy groups -OCH3 is 1. The van der Waals surface area contributed by atoms with Crippen molar-refractivity contribution >= 4 is 0 Å². The van der Waals surface area contributed by atoms with Crippen LogP contribution >= 0.6 is 0 Å². The van der Waals surface area contributed by atoms with E-state index in [1.54, 1.807) is 7.11 Å². The van der Waals surface area contributed by atoms with E-state index in [9.17, 15) is 5.11 Å². The van der Waals surface area contributed by atoms with Crippen molar-refractivity contribution in [3.05, 3.63) is 29.8 Å². The fourth-order valence-electron chi connectivity index (χ4n) is 3.45. The summed E-state index contributed by atoms with van der Waals surface area (Å²) in [4.78, 5) is 0. The first kappa shape index (κ1) is 13.9. The molecule has 0 amide bonds. The molecule has 0 aromatic heterocycles. The number of aliphatic hydroxyl groups excluding tert-OH is 1. The van der Waals surface area contributed by atoms with E-state index in [0.717, 1.165) is 18.1 Å². The molecule has 1 aromatic rings. The van der Waals surface area contributed by atoms with Gasteiger partial charge in [0.25, 0.3) is 0 Å². The largest absolute Gasteiger partial charge is 0.497 e. The van der Waals surface area contributed by atoms with Gasteiger partial charge in [-0.3, -0.25) is 0 Å². The van der Waals surface area contributed by atoms with E-state index in [1.165, 1.54) is 31.2 Å². The van der Waals surface area contributed by atoms with E-state index in [0.29, 0.717) is 24.6 Å². The number of rotatable bonds is 6. The minimum absolute atomic E-state index is 0.317. The second kappa shape index (κ2) is 6.15. The molecule has 2 saturated carbocycles. The maximum absolute atomic E-state index is 9.49. The average Bonchev–Trinajstić information content (AvgIpc) is 3.24. The van der Waals surface area contributed by atoms with Gasteiger partial charge >= 0.3 is 0 Å². The second-order valence-electron chi connectivity index (χ2n) is 6.23. The normalized spacial score (nSPS) is 27.5. The minimum Gasteiger partial charge on any atom is -0.497 e. The van der Waals surface area contributed by atoms with Crippen LogP contribution in [0.3, 0.4) is 0 Å². The maximum Gasteiger partial charge on any atom is 0.118 e. The van der Waals surface area contributed by atoms with E-state index in [1.807, 2.05) is 12.1 Å². The predicted octanol–water partition coefficient (Wildman–Crippen LogP) is 2.90. The summed E-state index contributed by atoms with van der Waals surface area (Å²) >= 11 is 0. The first-order chi connectivity index (χ1) is 9.81. The molecule has 3 nitrogen and oxygen atoms in total. The van der Waals surface area contributed by atoms with E-state index in [2.05, 4.69) is 17.4 Å². The van der Waals surface area contributed by atoms with Crippen LogP contribution < -0.4 is 10.1 Å². The zero-order chi connectivity index (χ0) is 13.9. The smallest absolute Gasteiger partial charge is 0.118 e. The third kappa shape index (κ3) is 2.99. The molecule has 0 saturated heterocycles. The van der Waals surface area contributed by atoms with Gasteiger partial charge in [-0.2, -0.15) is 0 Å². The number of ether oxygens (including phenoxy) is 1. The Labute approximate surface area is 121 Å². The Hall–Kier alpha value is -1.06. The molecule has 3 rings (SSSR count). The van der Waals surface area contributed by atoms with E-state index in [-0.39, 0.29) is 0 Å². The molecule has 3 heteroatoms. The predicted molar refractivity (Wildman–Crippen MR) is 79.8 cm³/mol. The van der Waals surface area contributed by atoms with Gasteiger partial charge < -0.3 is 15.2 Å². The van der Waals surface area contributed by atoms with Crippen LogP contribution in [-0.2, 0) is 0 Å². The van der Waals surface area contributed by atoms with Gasteiger partial charge in [0.15, 0.2) is 0 Å². The van der Waals surface area contributed by atoms with Crippen molar-refractivity contribution in [1.82, 2.24) is 5.32 Å². The molecule has 0 aliphatic heterocycles. The van der Waals surface area contributed by atoms with E-state index >= 15 is 0 Å². The Bertz CT molecular complexity index is 427. The summed E-state index contributed by atoms with van der Waals surface area (Å²) in [5.74, 6) is 2.12. The topological polar surface area (TPSA) is 41.5 Å². The van der Waals surface area contributed by atoms with Crippen molar-refractivity contribution in [2.45, 2.75) is 44.2 Å². The van der Waals surface area contributed by atoms with Gasteiger partial charge in [0, 0.05) is 18.7 Å². The molecule has 110 valence electrons. The quantitative estimate of drug-likeness (QED) is 0.839. The van der Waals surface area contributed by atoms with Crippen LogP contribution in [0.5, 0.6) is 5.75 Å². The zero-order valence-electron chi connectivity index (χ0n) is 12.2. The summed E-state index contributed by atoms with van der Waals surface area (Å²) in [6.45, 7) is 0.317. The molecule has 3 unspecified atom stereocenters. The van der Waals surface area contributed by atoms with Crippen LogP contribution in [0.4, 0.5) is 0 Å². The summed E-state index contributed by atoms with van der Waals surface area (Å²) in [5.41, 5.74) is 1.36. The average molecular weight is 275 g/mol. The van der Waals surface area contributed by atoms with E-state index < -0.39 is 0 Å². The van der Waals surface area contributed by atoms with Gasteiger partial charge in [-0.15, -0.1) is 0 Å². The Morgan fingerprint density at radius 3 is 2.55 bits per heavy atom. The highest BCUT2D eigenvalue weighted by atomic mass is 16.5. The molecular formula is C17H25NO2. The Morgan fingerprint density at radius 2 is 1.95 bits per heavy atom. The van der Waals surface area contributed by atoms with Crippen LogP contribution in [0, 0.1) is 11.8 Å². The molecule has 2 aliphatic rings. The first-order valence-electron chi connectivity index (χ1n) is 7.82. The monoisotopic (exact) mass is 275 g/mol. The van der Waals surface area contributed by atoms with Gasteiger partial charge in [0.1, 0.15) is 5.75 Å². The molecule has 2 N–H and O–H groups in total. The SMILES string of the molecule is COc1ccc(C(NC2CCCC2CO)C2CC2)cc1. The van der Waals surface area contributed by atoms with Gasteiger partial charge in [0.05, 0.1) is 7.11 Å². The number of hydrogen-bond donors (Lipinski definition) is 2. The molecule has 20 heavy (non-hydrogen) atoms. The Balaban J connectivity index is 1.71. The number of benzene rings is 1. The lowest BCUT2D eigenvalue weighted by Crippen LogP contribution is -2.37. The van der Waals surface area contributed by atoms with Gasteiger partial charge in [0.2, 0.25) is 0 Å². The Kier molecular flexibility index (Phi) is 4.27. The number of aliphatic hydroxyl groups is 1. The molecule has 0 heterocycles. The second-order valence-corrected chi connectivity index (χ2v) is 6.23. The van der Waals surface area contributed by atoms with Crippen LogP contribution in [0.1, 0.15) is 43.7 Å². The molecule has 0 bridgehead atoms. The summed E-state index contributed by atoms with van der Waals surface area (Å²) in [5, 5.41) is 13.3. The molecule has 2 aliphatic carbocycles. The number of nitrogens with one attached hydrogen (secondary N) is 1. The van der Waals surface area contributed by atoms with Gasteiger partial charge in [-0.1, -0.05) is 18.6 Å². The van der Waals surface area contributed by atoms with Gasteiger partial charge in [-0.25, -0.2) is 0 Å². The van der Waals surface area contributed by atoms with Gasteiger partial charge in [-0.05, 0) is 55.2 Å². The fourth-order valence-corrected chi connectivity index (χ4v) is 3.45. The lowest BCUT2D eigenvalue weighted by Gasteiger charge is -2.27. The van der Waals surface area contributed by atoms with Crippen LogP contribution in [0.15, 0.2) is 24.3 Å². The van der Waals surface area contributed by atoms with Crippen molar-refractivity contribution in [3.8, 4) is 5.75 Å². The molecule has 3 atom stereocenters. The fraction of sp³-hybridized carbons (Fsp3) is 0.647. The highest BCUT2D eigenvalue weighted by Crippen LogP contribution is 2.42. The Morgan fingerprint density at radius 1 is 1.20 bits per heavy atom. The molecular weight excluding hydrogens is 250 g/mol. The lowest BCUT2D eigenvalue weighted by molar-refractivity contribution is 0.197. The zero-order valence-corrected chi connectivity index (χ0v) is 12.2. The van der Waals surface area contributed by atoms with Crippen molar-refractivity contribution in [1.29, 1.82) is 0 Å². The maximum atomic E-state index is 9.49. The van der Waals surface area contributed by atoms with Crippen molar-refractivity contribution in [2.75, 3.05) is 13.7 Å². The highest BCUT2D eigenvalue weighted by Gasteiger charge is 2.36. The first-order valence-corrected chi connectivity index (χ1v) is 7.82. The van der Waals surface area contributed by atoms with E-state index in [4.69, 9.17) is 4.74 Å². The van der Waals surface area contributed by atoms with Crippen LogP contribution in [0.2, 0.25) is 0 Å². The van der Waals surface area contributed by atoms with Crippen LogP contribution in [-0.4, -0.2) is 24.9 Å². The third-order valence-electron chi connectivity index (χ3n) is 4.86. The minimum atomic E-state index is 0.317. The van der Waals surface area contributed by atoms with Crippen molar-refractivity contribution < 1.29 is 9.84 Å². The summed E-state index contributed by atoms with van der Waals surface area (Å²) in [6.07, 6.45) is 6.24. The molecule has 0 radical (unpaired) electrons. The lowest BCUT2D eigenvalue weighted by atomic mass is 9.98. The summed E-state index contributed by atoms with van der Waals surface area (Å²) < 4.78 is 5.24. The summed E-state index contributed by atoms with van der Waals surface area (Å²) in [6, 6.07) is 9.37. The molecule has 1 aromatic carbocycles. The van der Waals surface area contributed by atoms with Crippen molar-refractivity contribution in [3.63, 3.8) is 0 Å².